The van der Waals surface area contributed by atoms with Crippen LogP contribution in [-0.2, 0) is 0 Å². The van der Waals surface area contributed by atoms with E-state index < -0.39 is 4.92 Å². The maximum absolute atomic E-state index is 10.3. The molecule has 0 aliphatic carbocycles. The van der Waals surface area contributed by atoms with Gasteiger partial charge in [0.15, 0.2) is 6.20 Å². The lowest BCUT2D eigenvalue weighted by Gasteiger charge is -2.04. The summed E-state index contributed by atoms with van der Waals surface area (Å²) in [5, 5.41) is 20.7. The van der Waals surface area contributed by atoms with Gasteiger partial charge in [0.2, 0.25) is 0 Å². The number of nitrogens with zero attached hydrogens (tertiary/aromatic N) is 4. The second-order valence-electron chi connectivity index (χ2n) is 2.69. The minimum absolute atomic E-state index is 0.0127. The van der Waals surface area contributed by atoms with Crippen molar-refractivity contribution in [3.05, 3.63) is 16.3 Å². The molecule has 0 radical (unpaired) electrons. The maximum Gasteiger partial charge on any atom is 0.410 e. The van der Waals surface area contributed by atoms with Crippen LogP contribution in [0.2, 0.25) is 0 Å². The Balaban J connectivity index is 2.73. The number of aromatic nitrogens is 3. The molecule has 0 fully saturated rings. The second-order valence-corrected chi connectivity index (χ2v) is 2.69. The Morgan fingerprint density at radius 1 is 1.85 bits per heavy atom. The molecule has 7 heteroatoms. The van der Waals surface area contributed by atoms with Crippen molar-refractivity contribution in [2.45, 2.75) is 13.0 Å². The number of rotatable bonds is 4. The van der Waals surface area contributed by atoms with Gasteiger partial charge in [-0.05, 0) is 18.9 Å². The molecule has 1 atom stereocenters. The van der Waals surface area contributed by atoms with Crippen LogP contribution in [0.25, 0.3) is 0 Å². The molecule has 1 heterocycles. The van der Waals surface area contributed by atoms with Crippen LogP contribution in [0.5, 0.6) is 0 Å². The molecule has 1 aromatic rings. The predicted molar refractivity (Wildman–Crippen MR) is 45.3 cm³/mol. The van der Waals surface area contributed by atoms with E-state index in [1.807, 2.05) is 6.92 Å². The average molecular weight is 185 g/mol. The molecule has 0 saturated carbocycles. The third kappa shape index (κ3) is 2.22. The van der Waals surface area contributed by atoms with Crippen molar-refractivity contribution in [1.29, 1.82) is 0 Å². The number of nitrogens with one attached hydrogen (secondary N) is 1. The SMILES string of the molecule is CNCC(C)n1ncc([N+](=O)[O-])n1. The predicted octanol–water partition coefficient (Wildman–Crippen LogP) is -0.0333. The maximum atomic E-state index is 10.3. The number of nitro groups is 1. The molecule has 0 amide bonds. The van der Waals surface area contributed by atoms with E-state index in [1.54, 1.807) is 7.05 Å². The summed E-state index contributed by atoms with van der Waals surface area (Å²) in [7, 11) is 1.80. The summed E-state index contributed by atoms with van der Waals surface area (Å²) in [5.74, 6) is -0.219. The van der Waals surface area contributed by atoms with Crippen LogP contribution in [0, 0.1) is 10.1 Å². The normalized spacial score (nSPS) is 12.8. The van der Waals surface area contributed by atoms with Crippen LogP contribution in [-0.4, -0.2) is 33.5 Å². The molecule has 0 aliphatic rings. The summed E-state index contributed by atoms with van der Waals surface area (Å²) in [6, 6.07) is 0.0127. The zero-order valence-corrected chi connectivity index (χ0v) is 7.47. The Morgan fingerprint density at radius 2 is 2.54 bits per heavy atom. The molecule has 0 aliphatic heterocycles. The van der Waals surface area contributed by atoms with Crippen molar-refractivity contribution in [1.82, 2.24) is 20.3 Å². The zero-order valence-electron chi connectivity index (χ0n) is 7.47. The first-order valence-corrected chi connectivity index (χ1v) is 3.86. The Morgan fingerprint density at radius 3 is 3.00 bits per heavy atom. The molecule has 0 spiro atoms. The topological polar surface area (TPSA) is 85.9 Å². The zero-order chi connectivity index (χ0) is 9.84. The molecule has 13 heavy (non-hydrogen) atoms. The lowest BCUT2D eigenvalue weighted by Crippen LogP contribution is -2.21. The Kier molecular flexibility index (Phi) is 2.91. The summed E-state index contributed by atoms with van der Waals surface area (Å²) in [5.41, 5.74) is 0. The van der Waals surface area contributed by atoms with Gasteiger partial charge in [0, 0.05) is 6.54 Å². The van der Waals surface area contributed by atoms with E-state index in [4.69, 9.17) is 0 Å². The van der Waals surface area contributed by atoms with Crippen LogP contribution < -0.4 is 5.32 Å². The van der Waals surface area contributed by atoms with Crippen LogP contribution >= 0.6 is 0 Å². The second kappa shape index (κ2) is 3.94. The number of hydrogen-bond donors (Lipinski definition) is 1. The fourth-order valence-corrected chi connectivity index (χ4v) is 0.940. The molecular formula is C6H11N5O2. The van der Waals surface area contributed by atoms with E-state index >= 15 is 0 Å². The highest BCUT2D eigenvalue weighted by Gasteiger charge is 2.16. The van der Waals surface area contributed by atoms with E-state index in [2.05, 4.69) is 15.5 Å². The first kappa shape index (κ1) is 9.59. The fourth-order valence-electron chi connectivity index (χ4n) is 0.940. The van der Waals surface area contributed by atoms with Crippen molar-refractivity contribution in [3.63, 3.8) is 0 Å². The van der Waals surface area contributed by atoms with E-state index in [1.165, 1.54) is 4.80 Å². The highest BCUT2D eigenvalue weighted by atomic mass is 16.6. The van der Waals surface area contributed by atoms with E-state index in [9.17, 15) is 10.1 Å². The molecule has 1 unspecified atom stereocenters. The lowest BCUT2D eigenvalue weighted by atomic mass is 10.4. The Labute approximate surface area is 74.9 Å². The summed E-state index contributed by atoms with van der Waals surface area (Å²) in [6.45, 7) is 2.55. The highest BCUT2D eigenvalue weighted by Crippen LogP contribution is 2.06. The van der Waals surface area contributed by atoms with Crippen molar-refractivity contribution < 1.29 is 4.92 Å². The molecule has 7 nitrogen and oxygen atoms in total. The molecule has 72 valence electrons. The van der Waals surface area contributed by atoms with Gasteiger partial charge >= 0.3 is 5.82 Å². The molecule has 1 aromatic heterocycles. The van der Waals surface area contributed by atoms with Gasteiger partial charge in [-0.2, -0.15) is 0 Å². The standard InChI is InChI=1S/C6H11N5O2/c1-5(3-7-2)10-8-4-6(9-10)11(12)13/h4-5,7H,3H2,1-2H3. The smallest absolute Gasteiger partial charge is 0.358 e. The minimum atomic E-state index is -0.560. The molecule has 1 rings (SSSR count). The summed E-state index contributed by atoms with van der Waals surface area (Å²) in [4.78, 5) is 11.0. The molecular weight excluding hydrogens is 174 g/mol. The Hall–Kier alpha value is -1.50. The molecule has 1 N–H and O–H groups in total. The van der Waals surface area contributed by atoms with Gasteiger partial charge in [-0.25, -0.2) is 0 Å². The molecule has 0 bridgehead atoms. The van der Waals surface area contributed by atoms with Crippen LogP contribution in [0.1, 0.15) is 13.0 Å². The van der Waals surface area contributed by atoms with Crippen LogP contribution in [0.15, 0.2) is 6.20 Å². The van der Waals surface area contributed by atoms with Gasteiger partial charge in [0.25, 0.3) is 0 Å². The quantitative estimate of drug-likeness (QED) is 0.525. The van der Waals surface area contributed by atoms with Crippen LogP contribution in [0.4, 0.5) is 5.82 Å². The molecule has 0 saturated heterocycles. The summed E-state index contributed by atoms with van der Waals surface area (Å²) >= 11 is 0. The minimum Gasteiger partial charge on any atom is -0.358 e. The number of likely N-dealkylation sites (N-methyl/N-ethyl adjacent to an activating group) is 1. The van der Waals surface area contributed by atoms with Gasteiger partial charge in [-0.3, -0.25) is 0 Å². The van der Waals surface area contributed by atoms with E-state index in [0.717, 1.165) is 6.20 Å². The monoisotopic (exact) mass is 185 g/mol. The van der Waals surface area contributed by atoms with E-state index in [-0.39, 0.29) is 11.9 Å². The first-order valence-electron chi connectivity index (χ1n) is 3.86. The van der Waals surface area contributed by atoms with Gasteiger partial charge in [0.1, 0.15) is 6.04 Å². The number of hydrogen-bond acceptors (Lipinski definition) is 5. The van der Waals surface area contributed by atoms with Crippen molar-refractivity contribution in [3.8, 4) is 0 Å². The average Bonchev–Trinajstić information content (AvgIpc) is 2.52. The summed E-state index contributed by atoms with van der Waals surface area (Å²) < 4.78 is 0. The van der Waals surface area contributed by atoms with Gasteiger partial charge in [0.05, 0.1) is 5.10 Å². The van der Waals surface area contributed by atoms with Crippen LogP contribution in [0.3, 0.4) is 0 Å². The Bertz CT molecular complexity index is 297. The highest BCUT2D eigenvalue weighted by molar-refractivity contribution is 5.08. The molecule has 0 aromatic carbocycles. The first-order chi connectivity index (χ1) is 6.15. The largest absolute Gasteiger partial charge is 0.410 e. The van der Waals surface area contributed by atoms with Gasteiger partial charge in [-0.15, -0.1) is 5.10 Å². The van der Waals surface area contributed by atoms with Crippen molar-refractivity contribution in [2.24, 2.45) is 0 Å². The van der Waals surface area contributed by atoms with Crippen molar-refractivity contribution >= 4 is 5.82 Å². The van der Waals surface area contributed by atoms with E-state index in [0.29, 0.717) is 6.54 Å². The summed E-state index contributed by atoms with van der Waals surface area (Å²) in [6.07, 6.45) is 1.14. The third-order valence-electron chi connectivity index (χ3n) is 1.58. The van der Waals surface area contributed by atoms with Gasteiger partial charge < -0.3 is 15.4 Å². The van der Waals surface area contributed by atoms with Gasteiger partial charge in [-0.1, -0.05) is 4.80 Å². The third-order valence-corrected chi connectivity index (χ3v) is 1.58. The fraction of sp³-hybridized carbons (Fsp3) is 0.667. The lowest BCUT2D eigenvalue weighted by molar-refractivity contribution is -0.389. The van der Waals surface area contributed by atoms with Crippen molar-refractivity contribution in [2.75, 3.05) is 13.6 Å².